The van der Waals surface area contributed by atoms with Crippen molar-refractivity contribution in [3.8, 4) is 0 Å². The number of nitrogens with zero attached hydrogens (tertiary/aromatic N) is 3. The monoisotopic (exact) mass is 449 g/mol. The number of imidazole rings is 1. The summed E-state index contributed by atoms with van der Waals surface area (Å²) in [7, 11) is 0. The molecule has 0 fully saturated rings. The minimum absolute atomic E-state index is 0.0427. The molecule has 0 N–H and O–H groups in total. The number of para-hydroxylation sites is 2. The molecule has 0 aliphatic carbocycles. The van der Waals surface area contributed by atoms with Crippen LogP contribution in [-0.2, 0) is 12.7 Å². The average Bonchev–Trinajstić information content (AvgIpc) is 2.91. The van der Waals surface area contributed by atoms with E-state index in [9.17, 15) is 13.2 Å². The van der Waals surface area contributed by atoms with Crippen LogP contribution in [0.1, 0.15) is 12.0 Å². The van der Waals surface area contributed by atoms with E-state index in [1.54, 1.807) is 0 Å². The molecule has 3 aromatic rings. The number of hydrogen-bond acceptors (Lipinski definition) is 3. The van der Waals surface area contributed by atoms with E-state index in [1.165, 1.54) is 0 Å². The Hall–Kier alpha value is -1.25. The predicted molar refractivity (Wildman–Crippen MR) is 96.5 cm³/mol. The molecule has 0 saturated carbocycles. The van der Waals surface area contributed by atoms with Crippen LogP contribution in [0.15, 0.2) is 46.7 Å². The smallest absolute Gasteiger partial charge is 0.319 e. The van der Waals surface area contributed by atoms with Gasteiger partial charge in [0.1, 0.15) is 5.03 Å². The van der Waals surface area contributed by atoms with Crippen molar-refractivity contribution in [2.24, 2.45) is 0 Å². The number of alkyl halides is 4. The number of fused-ring (bicyclic) bond motifs is 1. The van der Waals surface area contributed by atoms with Crippen molar-refractivity contribution in [3.05, 3.63) is 47.1 Å². The van der Waals surface area contributed by atoms with Gasteiger partial charge in [0.25, 0.3) is 0 Å². The fourth-order valence-electron chi connectivity index (χ4n) is 2.31. The van der Waals surface area contributed by atoms with Crippen LogP contribution in [0, 0.1) is 0 Å². The number of hydrogen-bond donors (Lipinski definition) is 0. The number of aromatic nitrogens is 3. The van der Waals surface area contributed by atoms with Crippen LogP contribution in [0.2, 0.25) is 5.02 Å². The Balaban J connectivity index is 1.97. The van der Waals surface area contributed by atoms with Gasteiger partial charge in [-0.2, -0.15) is 13.2 Å². The summed E-state index contributed by atoms with van der Waals surface area (Å²) in [5.41, 5.74) is 0.922. The summed E-state index contributed by atoms with van der Waals surface area (Å²) in [4.78, 5) is 8.44. The van der Waals surface area contributed by atoms with Gasteiger partial charge >= 0.3 is 6.18 Å². The number of halogens is 5. The second-order valence-electron chi connectivity index (χ2n) is 5.19. The number of pyridine rings is 1. The topological polar surface area (TPSA) is 30.7 Å². The Bertz CT molecular complexity index is 898. The Kier molecular flexibility index (Phi) is 5.60. The van der Waals surface area contributed by atoms with Gasteiger partial charge in [0.2, 0.25) is 0 Å². The number of rotatable bonds is 5. The van der Waals surface area contributed by atoms with Crippen molar-refractivity contribution < 1.29 is 13.2 Å². The quantitative estimate of drug-likeness (QED) is 0.444. The third kappa shape index (κ3) is 4.12. The second-order valence-corrected chi connectivity index (χ2v) is 7.34. The Morgan fingerprint density at radius 2 is 2.00 bits per heavy atom. The van der Waals surface area contributed by atoms with Crippen molar-refractivity contribution >= 4 is 50.3 Å². The van der Waals surface area contributed by atoms with Gasteiger partial charge < -0.3 is 4.57 Å². The van der Waals surface area contributed by atoms with E-state index in [1.807, 2.05) is 28.8 Å². The fourth-order valence-corrected chi connectivity index (χ4v) is 3.72. The average molecular weight is 451 g/mol. The molecule has 132 valence electrons. The van der Waals surface area contributed by atoms with Gasteiger partial charge in [0.05, 0.1) is 21.6 Å². The zero-order chi connectivity index (χ0) is 18.0. The first-order valence-electron chi connectivity index (χ1n) is 7.32. The highest BCUT2D eigenvalue weighted by atomic mass is 79.9. The molecule has 0 unspecified atom stereocenters. The highest BCUT2D eigenvalue weighted by Crippen LogP contribution is 2.37. The fraction of sp³-hybridized carbons (Fsp3) is 0.250. The summed E-state index contributed by atoms with van der Waals surface area (Å²) in [5.74, 6) is 0. The largest absolute Gasteiger partial charge is 0.417 e. The minimum atomic E-state index is -4.47. The van der Waals surface area contributed by atoms with E-state index in [0.717, 1.165) is 53.4 Å². The standard InChI is InChI=1S/C16H12BrClF3N3S/c17-6-3-7-24-13-5-2-1-4-12(13)23-15(24)25-14-11(18)8-10(9-22-14)16(19,20)21/h1-2,4-5,8-9H,3,6-7H2. The molecule has 0 atom stereocenters. The van der Waals surface area contributed by atoms with E-state index < -0.39 is 11.7 Å². The molecule has 0 aliphatic heterocycles. The first kappa shape index (κ1) is 18.5. The third-order valence-corrected chi connectivity index (χ3v) is 5.43. The first-order chi connectivity index (χ1) is 11.9. The zero-order valence-corrected chi connectivity index (χ0v) is 15.9. The summed E-state index contributed by atoms with van der Waals surface area (Å²) < 4.78 is 40.3. The molecule has 3 nitrogen and oxygen atoms in total. The summed E-state index contributed by atoms with van der Waals surface area (Å²) in [6, 6.07) is 8.56. The van der Waals surface area contributed by atoms with Crippen LogP contribution >= 0.6 is 39.3 Å². The van der Waals surface area contributed by atoms with Crippen LogP contribution in [-0.4, -0.2) is 19.9 Å². The van der Waals surface area contributed by atoms with Gasteiger partial charge in [0.15, 0.2) is 5.16 Å². The van der Waals surface area contributed by atoms with E-state index in [0.29, 0.717) is 10.2 Å². The van der Waals surface area contributed by atoms with Crippen LogP contribution in [0.3, 0.4) is 0 Å². The molecular weight excluding hydrogens is 439 g/mol. The van der Waals surface area contributed by atoms with Crippen molar-refractivity contribution in [1.82, 2.24) is 14.5 Å². The Labute approximate surface area is 159 Å². The maximum Gasteiger partial charge on any atom is 0.417 e. The molecule has 1 aromatic carbocycles. The van der Waals surface area contributed by atoms with E-state index in [-0.39, 0.29) is 5.02 Å². The molecule has 2 heterocycles. The summed E-state index contributed by atoms with van der Waals surface area (Å²) in [6.45, 7) is 0.729. The summed E-state index contributed by atoms with van der Waals surface area (Å²) in [6.07, 6.45) is -2.79. The maximum atomic E-state index is 12.7. The van der Waals surface area contributed by atoms with Gasteiger partial charge in [-0.25, -0.2) is 9.97 Å². The molecule has 3 rings (SSSR count). The lowest BCUT2D eigenvalue weighted by atomic mass is 10.3. The molecule has 25 heavy (non-hydrogen) atoms. The number of benzene rings is 1. The van der Waals surface area contributed by atoms with Gasteiger partial charge in [-0.3, -0.25) is 0 Å². The lowest BCUT2D eigenvalue weighted by Crippen LogP contribution is -2.06. The predicted octanol–water partition coefficient (Wildman–Crippen LogP) is 6.04. The Morgan fingerprint density at radius 1 is 1.24 bits per heavy atom. The minimum Gasteiger partial charge on any atom is -0.319 e. The number of aryl methyl sites for hydroxylation is 1. The first-order valence-corrected chi connectivity index (χ1v) is 9.63. The maximum absolute atomic E-state index is 12.7. The van der Waals surface area contributed by atoms with Crippen LogP contribution in [0.4, 0.5) is 13.2 Å². The van der Waals surface area contributed by atoms with Crippen LogP contribution in [0.5, 0.6) is 0 Å². The zero-order valence-electron chi connectivity index (χ0n) is 12.7. The lowest BCUT2D eigenvalue weighted by Gasteiger charge is -2.10. The Morgan fingerprint density at radius 3 is 2.68 bits per heavy atom. The van der Waals surface area contributed by atoms with E-state index in [4.69, 9.17) is 11.6 Å². The van der Waals surface area contributed by atoms with Gasteiger partial charge in [-0.1, -0.05) is 39.7 Å². The molecule has 0 radical (unpaired) electrons. The molecule has 0 spiro atoms. The van der Waals surface area contributed by atoms with Gasteiger partial charge in [-0.15, -0.1) is 0 Å². The normalized spacial score (nSPS) is 12.0. The van der Waals surface area contributed by atoms with Gasteiger partial charge in [0, 0.05) is 18.1 Å². The van der Waals surface area contributed by atoms with Crippen molar-refractivity contribution in [2.75, 3.05) is 5.33 Å². The highest BCUT2D eigenvalue weighted by molar-refractivity contribution is 9.09. The molecule has 0 saturated heterocycles. The lowest BCUT2D eigenvalue weighted by molar-refractivity contribution is -0.137. The highest BCUT2D eigenvalue weighted by Gasteiger charge is 2.31. The molecular formula is C16H12BrClF3N3S. The van der Waals surface area contributed by atoms with Crippen LogP contribution in [0.25, 0.3) is 11.0 Å². The van der Waals surface area contributed by atoms with Gasteiger partial charge in [-0.05, 0) is 36.4 Å². The van der Waals surface area contributed by atoms with E-state index in [2.05, 4.69) is 25.9 Å². The van der Waals surface area contributed by atoms with E-state index >= 15 is 0 Å². The van der Waals surface area contributed by atoms with Crippen LogP contribution < -0.4 is 0 Å². The third-order valence-electron chi connectivity index (χ3n) is 3.46. The molecule has 0 amide bonds. The molecule has 9 heteroatoms. The summed E-state index contributed by atoms with van der Waals surface area (Å²) >= 11 is 10.6. The van der Waals surface area contributed by atoms with Crippen molar-refractivity contribution in [2.45, 2.75) is 29.3 Å². The van der Waals surface area contributed by atoms with Crippen molar-refractivity contribution in [3.63, 3.8) is 0 Å². The molecule has 0 bridgehead atoms. The molecule has 2 aromatic heterocycles. The molecule has 0 aliphatic rings. The second kappa shape index (κ2) is 7.55. The SMILES string of the molecule is FC(F)(F)c1cnc(Sc2nc3ccccc3n2CCCBr)c(Cl)c1. The summed E-state index contributed by atoms with van der Waals surface area (Å²) in [5, 5.41) is 1.74. The van der Waals surface area contributed by atoms with Crippen molar-refractivity contribution in [1.29, 1.82) is 0 Å².